The highest BCUT2D eigenvalue weighted by Crippen LogP contribution is 2.45. The maximum atomic E-state index is 13.1. The first-order valence-electron chi connectivity index (χ1n) is 8.74. The number of carbonyl (C=O) groups is 2. The van der Waals surface area contributed by atoms with Crippen molar-refractivity contribution in [2.45, 2.75) is 12.3 Å². The molecular weight excluding hydrogens is 426 g/mol. The first kappa shape index (κ1) is 18.6. The van der Waals surface area contributed by atoms with E-state index in [9.17, 15) is 9.59 Å². The van der Waals surface area contributed by atoms with Gasteiger partial charge in [-0.3, -0.25) is 9.69 Å². The lowest BCUT2D eigenvalue weighted by atomic mass is 9.83. The van der Waals surface area contributed by atoms with Crippen LogP contribution in [-0.4, -0.2) is 32.7 Å². The molecule has 0 N–H and O–H groups in total. The van der Waals surface area contributed by atoms with Crippen LogP contribution in [0, 0.1) is 0 Å². The maximum Gasteiger partial charge on any atom is 0.336 e. The molecule has 6 nitrogen and oxygen atoms in total. The summed E-state index contributed by atoms with van der Waals surface area (Å²) in [5.74, 6) is 0.275. The molecule has 1 amide bonds. The van der Waals surface area contributed by atoms with Gasteiger partial charge >= 0.3 is 5.97 Å². The Labute approximate surface area is 170 Å². The highest BCUT2D eigenvalue weighted by atomic mass is 79.9. The van der Waals surface area contributed by atoms with Gasteiger partial charge < -0.3 is 14.2 Å². The van der Waals surface area contributed by atoms with Crippen LogP contribution in [0.5, 0.6) is 11.5 Å². The number of nitrogens with zero attached hydrogens (tertiary/aromatic N) is 1. The summed E-state index contributed by atoms with van der Waals surface area (Å²) in [7, 11) is 3.13. The van der Waals surface area contributed by atoms with Crippen molar-refractivity contribution in [1.29, 1.82) is 0 Å². The molecule has 0 fully saturated rings. The largest absolute Gasteiger partial charge is 0.497 e. The van der Waals surface area contributed by atoms with Gasteiger partial charge in [-0.2, -0.15) is 0 Å². The molecule has 0 spiro atoms. The molecule has 2 aromatic rings. The second-order valence-corrected chi connectivity index (χ2v) is 7.42. The quantitative estimate of drug-likeness (QED) is 0.672. The van der Waals surface area contributed by atoms with Crippen LogP contribution < -0.4 is 14.4 Å². The van der Waals surface area contributed by atoms with Crippen LogP contribution in [0.2, 0.25) is 0 Å². The molecule has 1 atom stereocenters. The number of carbonyl (C=O) groups excluding carboxylic acids is 2. The van der Waals surface area contributed by atoms with Gasteiger partial charge in [0.15, 0.2) is 0 Å². The lowest BCUT2D eigenvalue weighted by Crippen LogP contribution is -2.37. The number of hydrogen-bond donors (Lipinski definition) is 0. The Morgan fingerprint density at radius 2 is 1.82 bits per heavy atom. The lowest BCUT2D eigenvalue weighted by Gasteiger charge is -2.32. The van der Waals surface area contributed by atoms with E-state index in [4.69, 9.17) is 14.2 Å². The molecule has 2 heterocycles. The third-order valence-corrected chi connectivity index (χ3v) is 5.54. The molecule has 28 heavy (non-hydrogen) atoms. The standard InChI is InChI=1S/C21H18BrNO5/c1-26-14-7-8-18(27-2)15(9-14)16-10-19(24)23(13-5-3-12(22)4-6-13)17-11-28-21(25)20(16)17/h3-9,16H,10-11H2,1-2H3/t16-/m0/s1. The average molecular weight is 444 g/mol. The van der Waals surface area contributed by atoms with Gasteiger partial charge in [0.2, 0.25) is 5.91 Å². The first-order valence-corrected chi connectivity index (χ1v) is 9.53. The zero-order valence-corrected chi connectivity index (χ0v) is 17.0. The van der Waals surface area contributed by atoms with Crippen LogP contribution >= 0.6 is 15.9 Å². The van der Waals surface area contributed by atoms with Crippen molar-refractivity contribution in [2.24, 2.45) is 0 Å². The normalized spacial score (nSPS) is 18.8. The minimum Gasteiger partial charge on any atom is -0.497 e. The summed E-state index contributed by atoms with van der Waals surface area (Å²) in [6.45, 7) is 0.0682. The van der Waals surface area contributed by atoms with Gasteiger partial charge in [0.05, 0.1) is 25.5 Å². The van der Waals surface area contributed by atoms with Crippen molar-refractivity contribution in [3.63, 3.8) is 0 Å². The number of hydrogen-bond acceptors (Lipinski definition) is 5. The molecule has 2 aromatic carbocycles. The topological polar surface area (TPSA) is 65.1 Å². The Bertz CT molecular complexity index is 983. The zero-order chi connectivity index (χ0) is 19.8. The third kappa shape index (κ3) is 3.05. The Morgan fingerprint density at radius 3 is 2.50 bits per heavy atom. The van der Waals surface area contributed by atoms with Crippen LogP contribution in [0.3, 0.4) is 0 Å². The monoisotopic (exact) mass is 443 g/mol. The fraction of sp³-hybridized carbons (Fsp3) is 0.238. The molecule has 4 rings (SSSR count). The number of amides is 1. The summed E-state index contributed by atoms with van der Waals surface area (Å²) in [5.41, 5.74) is 2.51. The molecule has 0 bridgehead atoms. The van der Waals surface area contributed by atoms with E-state index in [-0.39, 0.29) is 18.9 Å². The first-order chi connectivity index (χ1) is 13.5. The molecule has 2 aliphatic rings. The average Bonchev–Trinajstić information content (AvgIpc) is 3.09. The van der Waals surface area contributed by atoms with Crippen molar-refractivity contribution < 1.29 is 23.8 Å². The van der Waals surface area contributed by atoms with Gasteiger partial charge in [-0.15, -0.1) is 0 Å². The Morgan fingerprint density at radius 1 is 1.07 bits per heavy atom. The zero-order valence-electron chi connectivity index (χ0n) is 15.4. The van der Waals surface area contributed by atoms with E-state index in [1.165, 1.54) is 0 Å². The molecular formula is C21H18BrNO5. The number of esters is 1. The van der Waals surface area contributed by atoms with Crippen LogP contribution in [0.25, 0.3) is 0 Å². The van der Waals surface area contributed by atoms with Crippen molar-refractivity contribution in [3.05, 3.63) is 63.8 Å². The number of rotatable bonds is 4. The number of anilines is 1. The molecule has 0 saturated carbocycles. The summed E-state index contributed by atoms with van der Waals surface area (Å²) in [6.07, 6.45) is 0.132. The lowest BCUT2D eigenvalue weighted by molar-refractivity contribution is -0.136. The van der Waals surface area contributed by atoms with Gasteiger partial charge in [0.25, 0.3) is 0 Å². The summed E-state index contributed by atoms with van der Waals surface area (Å²) in [5, 5.41) is 0. The summed E-state index contributed by atoms with van der Waals surface area (Å²) >= 11 is 3.40. The number of halogens is 1. The smallest absolute Gasteiger partial charge is 0.336 e. The Balaban J connectivity index is 1.85. The van der Waals surface area contributed by atoms with E-state index in [1.54, 1.807) is 31.3 Å². The van der Waals surface area contributed by atoms with Gasteiger partial charge in [0.1, 0.15) is 18.1 Å². The number of cyclic esters (lactones) is 1. The molecule has 7 heteroatoms. The van der Waals surface area contributed by atoms with Crippen molar-refractivity contribution in [3.8, 4) is 11.5 Å². The van der Waals surface area contributed by atoms with Crippen LogP contribution in [0.15, 0.2) is 58.2 Å². The molecule has 0 aliphatic carbocycles. The molecule has 144 valence electrons. The minimum atomic E-state index is -0.450. The number of benzene rings is 2. The van der Waals surface area contributed by atoms with E-state index >= 15 is 0 Å². The molecule has 0 aromatic heterocycles. The van der Waals surface area contributed by atoms with Crippen molar-refractivity contribution >= 4 is 33.5 Å². The predicted octanol–water partition coefficient (Wildman–Crippen LogP) is 3.80. The Hall–Kier alpha value is -2.80. The van der Waals surface area contributed by atoms with E-state index in [2.05, 4.69) is 15.9 Å². The van der Waals surface area contributed by atoms with E-state index in [0.29, 0.717) is 28.5 Å². The fourth-order valence-corrected chi connectivity index (χ4v) is 3.99. The Kier molecular flexibility index (Phi) is 4.85. The second kappa shape index (κ2) is 7.31. The van der Waals surface area contributed by atoms with Crippen molar-refractivity contribution in [2.75, 3.05) is 25.7 Å². The SMILES string of the molecule is COc1ccc(OC)c([C@@H]2CC(=O)N(c3ccc(Br)cc3)C3=C2C(=O)OC3)c1. The highest BCUT2D eigenvalue weighted by Gasteiger charge is 2.43. The van der Waals surface area contributed by atoms with Crippen LogP contribution in [-0.2, 0) is 14.3 Å². The molecule has 0 radical (unpaired) electrons. The number of ether oxygens (including phenoxy) is 3. The molecule has 0 unspecified atom stereocenters. The predicted molar refractivity (Wildman–Crippen MR) is 107 cm³/mol. The molecule has 0 saturated heterocycles. The van der Waals surface area contributed by atoms with E-state index in [0.717, 1.165) is 10.0 Å². The van der Waals surface area contributed by atoms with Gasteiger partial charge in [-0.25, -0.2) is 4.79 Å². The summed E-state index contributed by atoms with van der Waals surface area (Å²) < 4.78 is 17.0. The van der Waals surface area contributed by atoms with E-state index < -0.39 is 11.9 Å². The minimum absolute atomic E-state index is 0.0682. The van der Waals surface area contributed by atoms with E-state index in [1.807, 2.05) is 30.3 Å². The molecule has 2 aliphatic heterocycles. The van der Waals surface area contributed by atoms with Crippen molar-refractivity contribution in [1.82, 2.24) is 0 Å². The van der Waals surface area contributed by atoms with Gasteiger partial charge in [-0.05, 0) is 42.5 Å². The van der Waals surface area contributed by atoms with Gasteiger partial charge in [0, 0.05) is 28.1 Å². The second-order valence-electron chi connectivity index (χ2n) is 6.51. The van der Waals surface area contributed by atoms with Crippen LogP contribution in [0.4, 0.5) is 5.69 Å². The summed E-state index contributed by atoms with van der Waals surface area (Å²) in [4.78, 5) is 27.3. The fourth-order valence-electron chi connectivity index (χ4n) is 3.72. The highest BCUT2D eigenvalue weighted by molar-refractivity contribution is 9.10. The van der Waals surface area contributed by atoms with Gasteiger partial charge in [-0.1, -0.05) is 15.9 Å². The maximum absolute atomic E-state index is 13.1. The van der Waals surface area contributed by atoms with Crippen LogP contribution in [0.1, 0.15) is 17.9 Å². The summed E-state index contributed by atoms with van der Waals surface area (Å²) in [6, 6.07) is 12.8. The third-order valence-electron chi connectivity index (χ3n) is 5.01. The number of methoxy groups -OCH3 is 2.